The van der Waals surface area contributed by atoms with Crippen molar-refractivity contribution in [2.75, 3.05) is 51.4 Å². The Kier molecular flexibility index (Phi) is 8.89. The number of aromatic amines is 1. The lowest BCUT2D eigenvalue weighted by molar-refractivity contribution is -0.150. The zero-order valence-corrected chi connectivity index (χ0v) is 23.8. The molecule has 1 unspecified atom stereocenters. The number of thioether (sulfide) groups is 2. The summed E-state index contributed by atoms with van der Waals surface area (Å²) in [6.07, 6.45) is 2.10. The fraction of sp³-hybridized carbons (Fsp3) is 0.500. The number of carbonyl (C=O) groups is 3. The second kappa shape index (κ2) is 12.5. The number of aliphatic carboxylic acids is 1. The van der Waals surface area contributed by atoms with Crippen molar-refractivity contribution in [1.82, 2.24) is 35.3 Å². The third-order valence-electron chi connectivity index (χ3n) is 6.50. The molecule has 0 spiro atoms. The monoisotopic (exact) mass is 609 g/mol. The first-order valence-electron chi connectivity index (χ1n) is 12.2. The molecular weight excluding hydrogens is 583 g/mol. The number of carboxylic acid groups (broad SMARTS) is 1. The molecule has 2 saturated heterocycles. The summed E-state index contributed by atoms with van der Waals surface area (Å²) in [6.45, 7) is 3.64. The molecule has 0 aliphatic carbocycles. The van der Waals surface area contributed by atoms with Crippen LogP contribution in [0.5, 0.6) is 0 Å². The molecule has 3 aliphatic rings. The van der Waals surface area contributed by atoms with Crippen molar-refractivity contribution in [3.05, 3.63) is 28.7 Å². The minimum Gasteiger partial charge on any atom is -0.477 e. The SMILES string of the molecule is CON=C(C(=O)N[C@@H]1C(=O)N2C(C(=O)O)=C(C(CCN3CCOCC3)Sc3nnc[nH]3)CS[C@@H]12)c1csc(N)n1. The van der Waals surface area contributed by atoms with Crippen LogP contribution in [0.15, 0.2) is 33.3 Å². The van der Waals surface area contributed by atoms with Crippen LogP contribution in [0.2, 0.25) is 0 Å². The number of carboxylic acids is 1. The fourth-order valence-corrected chi connectivity index (χ4v) is 7.73. The minimum atomic E-state index is -1.20. The van der Waals surface area contributed by atoms with E-state index in [1.807, 2.05) is 0 Å². The molecule has 3 atom stereocenters. The normalized spacial score (nSPS) is 22.5. The van der Waals surface area contributed by atoms with Crippen molar-refractivity contribution in [2.45, 2.75) is 28.2 Å². The van der Waals surface area contributed by atoms with Gasteiger partial charge in [0.2, 0.25) is 0 Å². The first kappa shape index (κ1) is 28.3. The minimum absolute atomic E-state index is 0.0590. The van der Waals surface area contributed by atoms with E-state index in [-0.39, 0.29) is 27.5 Å². The van der Waals surface area contributed by atoms with Crippen molar-refractivity contribution in [1.29, 1.82) is 0 Å². The van der Waals surface area contributed by atoms with Crippen LogP contribution < -0.4 is 11.1 Å². The highest BCUT2D eigenvalue weighted by Crippen LogP contribution is 2.44. The average molecular weight is 610 g/mol. The highest BCUT2D eigenvalue weighted by atomic mass is 32.2. The van der Waals surface area contributed by atoms with Gasteiger partial charge in [0.15, 0.2) is 16.0 Å². The maximum absolute atomic E-state index is 13.3. The first-order chi connectivity index (χ1) is 19.4. The summed E-state index contributed by atoms with van der Waals surface area (Å²) in [6, 6.07) is -0.944. The summed E-state index contributed by atoms with van der Waals surface area (Å²) in [5.74, 6) is -2.04. The van der Waals surface area contributed by atoms with Crippen molar-refractivity contribution in [3.63, 3.8) is 0 Å². The number of fused-ring (bicyclic) bond motifs is 1. The Balaban J connectivity index is 1.35. The lowest BCUT2D eigenvalue weighted by Gasteiger charge is -2.50. The molecule has 5 rings (SSSR count). The van der Waals surface area contributed by atoms with Gasteiger partial charge < -0.3 is 30.7 Å². The van der Waals surface area contributed by atoms with Gasteiger partial charge in [-0.25, -0.2) is 9.78 Å². The Bertz CT molecular complexity index is 1310. The number of rotatable bonds is 11. The highest BCUT2D eigenvalue weighted by molar-refractivity contribution is 8.01. The molecule has 18 heteroatoms. The number of nitrogens with one attached hydrogen (secondary N) is 2. The van der Waals surface area contributed by atoms with Gasteiger partial charge in [-0.05, 0) is 18.5 Å². The molecule has 0 saturated carbocycles. The number of β-lactam (4-membered cyclic amide) rings is 1. The molecule has 0 bridgehead atoms. The maximum Gasteiger partial charge on any atom is 0.352 e. The first-order valence-corrected chi connectivity index (χ1v) is 15.1. The zero-order chi connectivity index (χ0) is 28.2. The quantitative estimate of drug-likeness (QED) is 0.113. The molecule has 0 radical (unpaired) electrons. The molecule has 214 valence electrons. The Morgan fingerprint density at radius 3 is 2.88 bits per heavy atom. The van der Waals surface area contributed by atoms with Crippen molar-refractivity contribution >= 4 is 63.5 Å². The second-order valence-corrected chi connectivity index (χ2v) is 12.1. The molecule has 15 nitrogen and oxygen atoms in total. The average Bonchev–Trinajstić information content (AvgIpc) is 3.63. The second-order valence-electron chi connectivity index (χ2n) is 8.88. The number of oxime groups is 1. The number of nitrogen functional groups attached to an aromatic ring is 1. The third-order valence-corrected chi connectivity index (χ3v) is 9.70. The Hall–Kier alpha value is -3.19. The number of ether oxygens (including phenoxy) is 1. The van der Waals surface area contributed by atoms with Gasteiger partial charge in [0.1, 0.15) is 36.2 Å². The molecule has 2 aromatic heterocycles. The van der Waals surface area contributed by atoms with Gasteiger partial charge in [-0.3, -0.25) is 19.4 Å². The lowest BCUT2D eigenvalue weighted by atomic mass is 10.00. The fourth-order valence-electron chi connectivity index (χ4n) is 4.61. The molecule has 5 N–H and O–H groups in total. The van der Waals surface area contributed by atoms with Crippen LogP contribution in [0.4, 0.5) is 5.13 Å². The smallest absolute Gasteiger partial charge is 0.352 e. The van der Waals surface area contributed by atoms with E-state index in [4.69, 9.17) is 15.3 Å². The van der Waals surface area contributed by atoms with Crippen LogP contribution in [0.3, 0.4) is 0 Å². The van der Waals surface area contributed by atoms with E-state index < -0.39 is 29.2 Å². The van der Waals surface area contributed by atoms with Crippen molar-refractivity contribution in [3.8, 4) is 0 Å². The van der Waals surface area contributed by atoms with Gasteiger partial charge >= 0.3 is 5.97 Å². The predicted octanol–water partition coefficient (Wildman–Crippen LogP) is -0.184. The van der Waals surface area contributed by atoms with E-state index in [9.17, 15) is 19.5 Å². The lowest BCUT2D eigenvalue weighted by Crippen LogP contribution is -2.71. The molecule has 40 heavy (non-hydrogen) atoms. The van der Waals surface area contributed by atoms with E-state index in [2.05, 4.69) is 35.5 Å². The molecule has 2 aromatic rings. The number of aromatic nitrogens is 4. The number of nitrogens with two attached hydrogens (primary N) is 1. The Morgan fingerprint density at radius 2 is 2.23 bits per heavy atom. The maximum atomic E-state index is 13.3. The van der Waals surface area contributed by atoms with E-state index >= 15 is 0 Å². The Labute approximate surface area is 240 Å². The summed E-state index contributed by atoms with van der Waals surface area (Å²) >= 11 is 3.91. The standard InChI is InChI=1S/C22H27N9O6S3/c1-36-29-14(12-9-39-21(23)26-12)17(32)27-15-18(33)31-16(20(34)35)11(8-38-19(15)31)13(40-22-24-10-25-28-22)2-3-30-4-6-37-7-5-30/h9-10,13,15,19H,2-8H2,1H3,(H2,23,26)(H,27,32)(H,34,35)(H,24,25,28)/t13?,15-,19+/m1/s1. The summed E-state index contributed by atoms with van der Waals surface area (Å²) in [5, 5.41) is 26.1. The largest absolute Gasteiger partial charge is 0.477 e. The summed E-state index contributed by atoms with van der Waals surface area (Å²) < 4.78 is 5.44. The van der Waals surface area contributed by atoms with Crippen LogP contribution in [0.25, 0.3) is 0 Å². The number of hydrogen-bond donors (Lipinski definition) is 4. The van der Waals surface area contributed by atoms with Crippen LogP contribution in [0, 0.1) is 0 Å². The number of anilines is 1. The third kappa shape index (κ3) is 5.95. The van der Waals surface area contributed by atoms with Gasteiger partial charge in [-0.15, -0.1) is 33.3 Å². The van der Waals surface area contributed by atoms with E-state index in [0.29, 0.717) is 36.1 Å². The Morgan fingerprint density at radius 1 is 1.43 bits per heavy atom. The number of carbonyl (C=O) groups excluding carboxylic acids is 2. The zero-order valence-electron chi connectivity index (χ0n) is 21.3. The van der Waals surface area contributed by atoms with E-state index in [0.717, 1.165) is 31.0 Å². The topological polar surface area (TPSA) is 201 Å². The van der Waals surface area contributed by atoms with Crippen molar-refractivity contribution < 1.29 is 29.1 Å². The van der Waals surface area contributed by atoms with Gasteiger partial charge in [-0.1, -0.05) is 16.9 Å². The van der Waals surface area contributed by atoms with Gasteiger partial charge in [0.05, 0.1) is 13.2 Å². The molecular formula is C22H27N9O6S3. The highest BCUT2D eigenvalue weighted by Gasteiger charge is 2.55. The molecule has 2 fully saturated rings. The van der Waals surface area contributed by atoms with Crippen LogP contribution in [-0.2, 0) is 24.0 Å². The van der Waals surface area contributed by atoms with Gasteiger partial charge in [0, 0.05) is 29.5 Å². The van der Waals surface area contributed by atoms with E-state index in [1.165, 1.54) is 41.9 Å². The number of morpholine rings is 1. The van der Waals surface area contributed by atoms with E-state index in [1.54, 1.807) is 5.38 Å². The van der Waals surface area contributed by atoms with Crippen LogP contribution in [-0.4, -0.2) is 121 Å². The number of H-pyrrole nitrogens is 1. The summed E-state index contributed by atoms with van der Waals surface area (Å²) in [5.41, 5.74) is 6.33. The predicted molar refractivity (Wildman–Crippen MR) is 148 cm³/mol. The van der Waals surface area contributed by atoms with Crippen LogP contribution >= 0.6 is 34.9 Å². The van der Waals surface area contributed by atoms with Gasteiger partial charge in [-0.2, -0.15) is 0 Å². The number of hydrogen-bond acceptors (Lipinski definition) is 14. The number of nitrogens with zero attached hydrogens (tertiary/aromatic N) is 6. The van der Waals surface area contributed by atoms with Gasteiger partial charge in [0.25, 0.3) is 11.8 Å². The molecule has 0 aromatic carbocycles. The molecule has 3 aliphatic heterocycles. The summed E-state index contributed by atoms with van der Waals surface area (Å²) in [4.78, 5) is 54.2. The number of amides is 2. The molecule has 2 amide bonds. The number of thiazole rings is 1. The van der Waals surface area contributed by atoms with Crippen LogP contribution in [0.1, 0.15) is 12.1 Å². The van der Waals surface area contributed by atoms with Crippen molar-refractivity contribution in [2.24, 2.45) is 5.16 Å². The molecule has 5 heterocycles. The summed E-state index contributed by atoms with van der Waals surface area (Å²) in [7, 11) is 1.29.